The SMILES string of the molecule is NCc1ccnc(C(Cl)(Cl)Cl)n1. The molecule has 12 heavy (non-hydrogen) atoms. The van der Waals surface area contributed by atoms with Crippen molar-refractivity contribution in [1.82, 2.24) is 9.97 Å². The third-order valence-corrected chi connectivity index (χ3v) is 1.68. The normalized spacial score (nSPS) is 11.7. The van der Waals surface area contributed by atoms with Crippen LogP contribution < -0.4 is 5.73 Å². The fraction of sp³-hybridized carbons (Fsp3) is 0.333. The van der Waals surface area contributed by atoms with Gasteiger partial charge in [0.05, 0.1) is 5.69 Å². The molecule has 6 heteroatoms. The van der Waals surface area contributed by atoms with E-state index in [9.17, 15) is 0 Å². The van der Waals surface area contributed by atoms with Crippen LogP contribution in [0.3, 0.4) is 0 Å². The molecule has 2 N–H and O–H groups in total. The Labute approximate surface area is 84.9 Å². The van der Waals surface area contributed by atoms with E-state index in [1.807, 2.05) is 0 Å². The zero-order valence-corrected chi connectivity index (χ0v) is 8.24. The summed E-state index contributed by atoms with van der Waals surface area (Å²) in [6.07, 6.45) is 1.51. The first-order valence-electron chi connectivity index (χ1n) is 3.13. The molecule has 0 saturated heterocycles. The first kappa shape index (κ1) is 9.99. The minimum Gasteiger partial charge on any atom is -0.325 e. The van der Waals surface area contributed by atoms with E-state index in [0.717, 1.165) is 0 Å². The van der Waals surface area contributed by atoms with E-state index in [-0.39, 0.29) is 5.82 Å². The lowest BCUT2D eigenvalue weighted by molar-refractivity contribution is 0.889. The van der Waals surface area contributed by atoms with Crippen molar-refractivity contribution in [3.8, 4) is 0 Å². The van der Waals surface area contributed by atoms with Crippen LogP contribution in [0.4, 0.5) is 0 Å². The van der Waals surface area contributed by atoms with Crippen molar-refractivity contribution >= 4 is 34.8 Å². The van der Waals surface area contributed by atoms with E-state index in [2.05, 4.69) is 9.97 Å². The van der Waals surface area contributed by atoms with Gasteiger partial charge in [-0.15, -0.1) is 0 Å². The second-order valence-corrected chi connectivity index (χ2v) is 4.35. The first-order valence-corrected chi connectivity index (χ1v) is 4.26. The van der Waals surface area contributed by atoms with Crippen LogP contribution in [0.1, 0.15) is 11.5 Å². The molecule has 0 aliphatic heterocycles. The predicted molar refractivity (Wildman–Crippen MR) is 49.2 cm³/mol. The summed E-state index contributed by atoms with van der Waals surface area (Å²) in [7, 11) is 0. The molecule has 66 valence electrons. The van der Waals surface area contributed by atoms with Crippen LogP contribution in [0.15, 0.2) is 12.3 Å². The third kappa shape index (κ3) is 2.45. The molecule has 1 heterocycles. The van der Waals surface area contributed by atoms with Gasteiger partial charge in [0.1, 0.15) is 0 Å². The number of hydrogen-bond donors (Lipinski definition) is 1. The average molecular weight is 226 g/mol. The van der Waals surface area contributed by atoms with Gasteiger partial charge < -0.3 is 5.73 Å². The van der Waals surface area contributed by atoms with E-state index in [4.69, 9.17) is 40.5 Å². The predicted octanol–water partition coefficient (Wildman–Crippen LogP) is 1.76. The van der Waals surface area contributed by atoms with Crippen molar-refractivity contribution in [1.29, 1.82) is 0 Å². The van der Waals surface area contributed by atoms with Gasteiger partial charge in [0.2, 0.25) is 3.79 Å². The molecule has 0 unspecified atom stereocenters. The molecular formula is C6H6Cl3N3. The Morgan fingerprint density at radius 2 is 2.08 bits per heavy atom. The number of nitrogens with two attached hydrogens (primary N) is 1. The van der Waals surface area contributed by atoms with Gasteiger partial charge in [-0.3, -0.25) is 0 Å². The van der Waals surface area contributed by atoms with Crippen molar-refractivity contribution in [2.45, 2.75) is 10.3 Å². The van der Waals surface area contributed by atoms with Crippen LogP contribution in [-0.4, -0.2) is 9.97 Å². The molecule has 0 bridgehead atoms. The Balaban J connectivity index is 3.02. The monoisotopic (exact) mass is 225 g/mol. The molecule has 0 spiro atoms. The molecule has 0 aromatic carbocycles. The maximum Gasteiger partial charge on any atom is 0.250 e. The Hall–Kier alpha value is -0.0900. The summed E-state index contributed by atoms with van der Waals surface area (Å²) in [5, 5.41) is 0. The molecule has 0 amide bonds. The third-order valence-electron chi connectivity index (χ3n) is 1.18. The fourth-order valence-corrected chi connectivity index (χ4v) is 0.919. The molecule has 0 saturated carbocycles. The Morgan fingerprint density at radius 1 is 1.42 bits per heavy atom. The van der Waals surface area contributed by atoms with Gasteiger partial charge in [-0.05, 0) is 6.07 Å². The topological polar surface area (TPSA) is 51.8 Å². The number of hydrogen-bond acceptors (Lipinski definition) is 3. The summed E-state index contributed by atoms with van der Waals surface area (Å²) in [5.41, 5.74) is 5.99. The molecule has 0 fully saturated rings. The maximum absolute atomic E-state index is 5.55. The summed E-state index contributed by atoms with van der Waals surface area (Å²) in [6.45, 7) is 0.302. The van der Waals surface area contributed by atoms with E-state index < -0.39 is 3.79 Å². The Kier molecular flexibility index (Phi) is 3.12. The van der Waals surface area contributed by atoms with Crippen molar-refractivity contribution in [2.75, 3.05) is 0 Å². The molecule has 1 aromatic rings. The van der Waals surface area contributed by atoms with Crippen LogP contribution in [0, 0.1) is 0 Å². The Bertz CT molecular complexity index is 271. The molecule has 1 aromatic heterocycles. The quantitative estimate of drug-likeness (QED) is 0.743. The summed E-state index contributed by atoms with van der Waals surface area (Å²) < 4.78 is -1.58. The lowest BCUT2D eigenvalue weighted by Gasteiger charge is -2.08. The van der Waals surface area contributed by atoms with E-state index in [1.54, 1.807) is 6.07 Å². The standard InChI is InChI=1S/C6H6Cl3N3/c7-6(8,9)5-11-2-1-4(3-10)12-5/h1-2H,3,10H2. The van der Waals surface area contributed by atoms with Gasteiger partial charge in [0.15, 0.2) is 5.82 Å². The van der Waals surface area contributed by atoms with Crippen LogP contribution in [0.25, 0.3) is 0 Å². The van der Waals surface area contributed by atoms with Gasteiger partial charge in [-0.1, -0.05) is 34.8 Å². The highest BCUT2D eigenvalue weighted by molar-refractivity contribution is 6.66. The minimum absolute atomic E-state index is 0.149. The zero-order valence-electron chi connectivity index (χ0n) is 5.97. The highest BCUT2D eigenvalue weighted by Gasteiger charge is 2.26. The number of rotatable bonds is 1. The lowest BCUT2D eigenvalue weighted by Crippen LogP contribution is -2.10. The fourth-order valence-electron chi connectivity index (χ4n) is 0.646. The first-order chi connectivity index (χ1) is 5.54. The van der Waals surface area contributed by atoms with Crippen LogP contribution >= 0.6 is 34.8 Å². The summed E-state index contributed by atoms with van der Waals surface area (Å²) in [5.74, 6) is 0.149. The molecule has 0 atom stereocenters. The van der Waals surface area contributed by atoms with Crippen molar-refractivity contribution in [3.63, 3.8) is 0 Å². The van der Waals surface area contributed by atoms with Gasteiger partial charge in [0, 0.05) is 12.7 Å². The zero-order chi connectivity index (χ0) is 9.19. The minimum atomic E-state index is -1.58. The lowest BCUT2D eigenvalue weighted by atomic mass is 10.4. The second kappa shape index (κ2) is 3.75. The second-order valence-electron chi connectivity index (χ2n) is 2.07. The van der Waals surface area contributed by atoms with E-state index in [1.165, 1.54) is 6.20 Å². The largest absolute Gasteiger partial charge is 0.325 e. The molecule has 0 aliphatic carbocycles. The van der Waals surface area contributed by atoms with Crippen LogP contribution in [0.2, 0.25) is 0 Å². The molecule has 0 radical (unpaired) electrons. The van der Waals surface area contributed by atoms with Crippen molar-refractivity contribution in [2.24, 2.45) is 5.73 Å². The highest BCUT2D eigenvalue weighted by atomic mass is 35.6. The molecule has 1 rings (SSSR count). The van der Waals surface area contributed by atoms with Gasteiger partial charge in [0.25, 0.3) is 0 Å². The van der Waals surface area contributed by atoms with Gasteiger partial charge >= 0.3 is 0 Å². The number of alkyl halides is 3. The smallest absolute Gasteiger partial charge is 0.250 e. The molecule has 0 aliphatic rings. The number of halogens is 3. The van der Waals surface area contributed by atoms with Gasteiger partial charge in [-0.2, -0.15) is 0 Å². The summed E-state index contributed by atoms with van der Waals surface area (Å²) in [4.78, 5) is 7.73. The number of aromatic nitrogens is 2. The average Bonchev–Trinajstić information content (AvgIpc) is 2.03. The van der Waals surface area contributed by atoms with Crippen molar-refractivity contribution in [3.05, 3.63) is 23.8 Å². The number of nitrogens with zero attached hydrogens (tertiary/aromatic N) is 2. The summed E-state index contributed by atoms with van der Waals surface area (Å²) >= 11 is 16.7. The van der Waals surface area contributed by atoms with Gasteiger partial charge in [-0.25, -0.2) is 9.97 Å². The van der Waals surface area contributed by atoms with E-state index >= 15 is 0 Å². The van der Waals surface area contributed by atoms with Crippen LogP contribution in [0.5, 0.6) is 0 Å². The van der Waals surface area contributed by atoms with Crippen molar-refractivity contribution < 1.29 is 0 Å². The molecular weight excluding hydrogens is 220 g/mol. The molecule has 3 nitrogen and oxygen atoms in total. The van der Waals surface area contributed by atoms with Crippen LogP contribution in [-0.2, 0) is 10.3 Å². The highest BCUT2D eigenvalue weighted by Crippen LogP contribution is 2.35. The van der Waals surface area contributed by atoms with E-state index in [0.29, 0.717) is 12.2 Å². The maximum atomic E-state index is 5.55. The Morgan fingerprint density at radius 3 is 2.58 bits per heavy atom. The summed E-state index contributed by atoms with van der Waals surface area (Å²) in [6, 6.07) is 1.67.